The standard InChI is InChI=1S/C15H20N4O6S2/c1-2-3-4-6(20)13-25-12(7(26-13)5-8(21)22)19-10-9(27-15(19)24)11(23)18-14(16)17-10/h6-7,12-13,20H,2-5H2,1H3,(H,21,22)(H3,16,17,18,23)/t6-,7?,12?,13?/m0/s1. The molecule has 0 spiro atoms. The Morgan fingerprint density at radius 3 is 2.89 bits per heavy atom. The summed E-state index contributed by atoms with van der Waals surface area (Å²) in [5.74, 6) is -1.21. The van der Waals surface area contributed by atoms with Crippen LogP contribution in [0, 0.1) is 0 Å². The van der Waals surface area contributed by atoms with Gasteiger partial charge in [0.05, 0.1) is 17.8 Å². The van der Waals surface area contributed by atoms with E-state index in [4.69, 9.17) is 10.5 Å². The van der Waals surface area contributed by atoms with E-state index in [-0.39, 0.29) is 22.7 Å². The van der Waals surface area contributed by atoms with Gasteiger partial charge in [-0.2, -0.15) is 4.98 Å². The minimum Gasteiger partial charge on any atom is -0.481 e. The molecule has 3 heterocycles. The van der Waals surface area contributed by atoms with Gasteiger partial charge in [0, 0.05) is 0 Å². The molecule has 2 aromatic rings. The van der Waals surface area contributed by atoms with Crippen molar-refractivity contribution in [3.8, 4) is 0 Å². The minimum atomic E-state index is -1.05. The van der Waals surface area contributed by atoms with E-state index in [1.807, 2.05) is 6.92 Å². The van der Waals surface area contributed by atoms with Crippen LogP contribution in [0.2, 0.25) is 0 Å². The summed E-state index contributed by atoms with van der Waals surface area (Å²) in [5, 5.41) is 18.9. The minimum absolute atomic E-state index is 0.0518. The van der Waals surface area contributed by atoms with Crippen LogP contribution in [-0.4, -0.2) is 47.5 Å². The number of aliphatic hydroxyl groups excluding tert-OH is 1. The molecular formula is C15H20N4O6S2. The summed E-state index contributed by atoms with van der Waals surface area (Å²) in [7, 11) is 0. The number of carbonyl (C=O) groups is 1. The van der Waals surface area contributed by atoms with E-state index >= 15 is 0 Å². The number of unbranched alkanes of at least 4 members (excludes halogenated alkanes) is 1. The molecule has 1 fully saturated rings. The Labute approximate surface area is 161 Å². The Morgan fingerprint density at radius 1 is 1.48 bits per heavy atom. The third-order valence-corrected chi connectivity index (χ3v) is 6.58. The van der Waals surface area contributed by atoms with Crippen LogP contribution in [0.1, 0.15) is 38.8 Å². The molecule has 0 aliphatic carbocycles. The molecule has 27 heavy (non-hydrogen) atoms. The maximum atomic E-state index is 12.5. The van der Waals surface area contributed by atoms with Crippen molar-refractivity contribution in [2.75, 3.05) is 5.73 Å². The SMILES string of the molecule is CCCC[C@H](O)C1OC(n2c(=O)sc3c(=O)[nH]c(N)nc32)C(CC(=O)O)S1. The number of nitrogens with zero attached hydrogens (tertiary/aromatic N) is 2. The molecule has 0 bridgehead atoms. The number of nitrogens with one attached hydrogen (secondary N) is 1. The lowest BCUT2D eigenvalue weighted by molar-refractivity contribution is -0.138. The van der Waals surface area contributed by atoms with Gasteiger partial charge in [-0.1, -0.05) is 31.1 Å². The average molecular weight is 416 g/mol. The maximum Gasteiger partial charge on any atom is 0.311 e. The molecule has 10 nitrogen and oxygen atoms in total. The number of hydrogen-bond acceptors (Lipinski definition) is 9. The number of H-pyrrole nitrogens is 1. The lowest BCUT2D eigenvalue weighted by Crippen LogP contribution is -2.29. The zero-order valence-electron chi connectivity index (χ0n) is 14.5. The van der Waals surface area contributed by atoms with E-state index in [0.717, 1.165) is 12.8 Å². The molecule has 0 aromatic carbocycles. The Morgan fingerprint density at radius 2 is 2.22 bits per heavy atom. The first kappa shape index (κ1) is 19.9. The number of aliphatic hydroxyl groups is 1. The molecule has 0 saturated carbocycles. The largest absolute Gasteiger partial charge is 0.481 e. The molecule has 3 unspecified atom stereocenters. The fourth-order valence-corrected chi connectivity index (χ4v) is 5.19. The monoisotopic (exact) mass is 416 g/mol. The van der Waals surface area contributed by atoms with Gasteiger partial charge in [-0.3, -0.25) is 23.9 Å². The van der Waals surface area contributed by atoms with E-state index in [1.54, 1.807) is 0 Å². The van der Waals surface area contributed by atoms with Crippen molar-refractivity contribution in [3.05, 3.63) is 20.0 Å². The predicted molar refractivity (Wildman–Crippen MR) is 102 cm³/mol. The molecule has 1 saturated heterocycles. The van der Waals surface area contributed by atoms with Crippen molar-refractivity contribution in [1.82, 2.24) is 14.5 Å². The summed E-state index contributed by atoms with van der Waals surface area (Å²) in [6, 6.07) is 0. The highest BCUT2D eigenvalue weighted by molar-refractivity contribution is 8.00. The maximum absolute atomic E-state index is 12.5. The van der Waals surface area contributed by atoms with Crippen LogP contribution in [0.15, 0.2) is 9.59 Å². The van der Waals surface area contributed by atoms with Crippen molar-refractivity contribution >= 4 is 45.4 Å². The molecule has 2 aromatic heterocycles. The number of carboxylic acids is 1. The van der Waals surface area contributed by atoms with E-state index in [1.165, 1.54) is 16.3 Å². The number of rotatable bonds is 7. The van der Waals surface area contributed by atoms with E-state index in [9.17, 15) is 24.6 Å². The fraction of sp³-hybridized carbons (Fsp3) is 0.600. The first-order chi connectivity index (χ1) is 12.8. The molecule has 0 amide bonds. The lowest BCUT2D eigenvalue weighted by Gasteiger charge is -2.19. The number of fused-ring (bicyclic) bond motifs is 1. The zero-order valence-corrected chi connectivity index (χ0v) is 16.1. The number of nitrogens with two attached hydrogens (primary N) is 1. The van der Waals surface area contributed by atoms with Crippen molar-refractivity contribution < 1.29 is 19.7 Å². The molecule has 3 rings (SSSR count). The topological polar surface area (TPSA) is 161 Å². The van der Waals surface area contributed by atoms with Gasteiger partial charge in [-0.15, -0.1) is 11.8 Å². The predicted octanol–water partition coefficient (Wildman–Crippen LogP) is 0.711. The van der Waals surface area contributed by atoms with Crippen LogP contribution in [0.25, 0.3) is 10.3 Å². The van der Waals surface area contributed by atoms with E-state index in [2.05, 4.69) is 9.97 Å². The second kappa shape index (κ2) is 8.00. The summed E-state index contributed by atoms with van der Waals surface area (Å²) in [5.41, 5.74) is 4.42. The highest BCUT2D eigenvalue weighted by atomic mass is 32.2. The number of carboxylic acid groups (broad SMARTS) is 1. The fourth-order valence-electron chi connectivity index (χ4n) is 2.95. The van der Waals surface area contributed by atoms with Crippen LogP contribution >= 0.6 is 23.1 Å². The Hall–Kier alpha value is -1.89. The number of ether oxygens (including phenoxy) is 1. The zero-order chi connectivity index (χ0) is 19.7. The number of anilines is 1. The first-order valence-corrected chi connectivity index (χ1v) is 10.2. The third-order valence-electron chi connectivity index (χ3n) is 4.19. The van der Waals surface area contributed by atoms with Crippen LogP contribution in [0.5, 0.6) is 0 Å². The van der Waals surface area contributed by atoms with Crippen LogP contribution in [-0.2, 0) is 9.53 Å². The van der Waals surface area contributed by atoms with Gasteiger partial charge in [-0.25, -0.2) is 0 Å². The second-order valence-electron chi connectivity index (χ2n) is 6.22. The van der Waals surface area contributed by atoms with E-state index < -0.39 is 39.4 Å². The number of hydrogen-bond donors (Lipinski definition) is 4. The Bertz CT molecular complexity index is 954. The average Bonchev–Trinajstić information content (AvgIpc) is 3.12. The van der Waals surface area contributed by atoms with Crippen molar-refractivity contribution in [2.24, 2.45) is 0 Å². The highest BCUT2D eigenvalue weighted by Crippen LogP contribution is 2.43. The number of thiazole rings is 1. The number of nitrogen functional groups attached to an aromatic ring is 1. The van der Waals surface area contributed by atoms with Crippen LogP contribution in [0.4, 0.5) is 5.95 Å². The summed E-state index contributed by atoms with van der Waals surface area (Å²) >= 11 is 1.87. The molecule has 148 valence electrons. The van der Waals surface area contributed by atoms with Gasteiger partial charge in [0.15, 0.2) is 11.9 Å². The van der Waals surface area contributed by atoms with Gasteiger partial charge in [0.1, 0.15) is 10.1 Å². The van der Waals surface area contributed by atoms with Gasteiger partial charge in [-0.05, 0) is 6.42 Å². The molecule has 12 heteroatoms. The molecule has 0 radical (unpaired) electrons. The summed E-state index contributed by atoms with van der Waals surface area (Å²) in [4.78, 5) is 41.7. The van der Waals surface area contributed by atoms with Gasteiger partial charge in [0.25, 0.3) is 5.56 Å². The van der Waals surface area contributed by atoms with Crippen molar-refractivity contribution in [2.45, 2.75) is 55.6 Å². The van der Waals surface area contributed by atoms with Crippen molar-refractivity contribution in [3.63, 3.8) is 0 Å². The first-order valence-electron chi connectivity index (χ1n) is 8.43. The number of aromatic amines is 1. The molecule has 1 aliphatic heterocycles. The quantitative estimate of drug-likeness (QED) is 0.509. The third kappa shape index (κ3) is 4.03. The highest BCUT2D eigenvalue weighted by Gasteiger charge is 2.43. The second-order valence-corrected chi connectivity index (χ2v) is 8.52. The van der Waals surface area contributed by atoms with Gasteiger partial charge >= 0.3 is 10.8 Å². The van der Waals surface area contributed by atoms with Gasteiger partial charge < -0.3 is 20.7 Å². The molecule has 5 N–H and O–H groups in total. The van der Waals surface area contributed by atoms with Crippen molar-refractivity contribution in [1.29, 1.82) is 0 Å². The lowest BCUT2D eigenvalue weighted by atomic mass is 10.2. The van der Waals surface area contributed by atoms with Crippen LogP contribution < -0.4 is 16.2 Å². The summed E-state index contributed by atoms with van der Waals surface area (Å²) < 4.78 is 7.13. The summed E-state index contributed by atoms with van der Waals surface area (Å²) in [6.45, 7) is 2.00. The summed E-state index contributed by atoms with van der Waals surface area (Å²) in [6.07, 6.45) is 0.169. The van der Waals surface area contributed by atoms with Crippen LogP contribution in [0.3, 0.4) is 0 Å². The Balaban J connectivity index is 2.01. The van der Waals surface area contributed by atoms with Gasteiger partial charge in [0.2, 0.25) is 5.95 Å². The Kier molecular flexibility index (Phi) is 5.89. The molecular weight excluding hydrogens is 396 g/mol. The molecule has 4 atom stereocenters. The number of thioether (sulfide) groups is 1. The number of aliphatic carboxylic acids is 1. The normalized spacial score (nSPS) is 23.7. The van der Waals surface area contributed by atoms with E-state index in [0.29, 0.717) is 17.8 Å². The molecule has 1 aliphatic rings. The number of aromatic nitrogens is 3. The smallest absolute Gasteiger partial charge is 0.311 e.